The van der Waals surface area contributed by atoms with Crippen LogP contribution < -0.4 is 15.2 Å². The molecule has 1 aromatic carbocycles. The van der Waals surface area contributed by atoms with Crippen molar-refractivity contribution in [2.24, 2.45) is 5.73 Å². The topological polar surface area (TPSA) is 44.5 Å². The minimum atomic E-state index is 0.257. The predicted octanol–water partition coefficient (Wildman–Crippen LogP) is 2.53. The second-order valence-corrected chi connectivity index (χ2v) is 4.80. The minimum absolute atomic E-state index is 0.257. The molecular formula is C12H19NO2S. The normalized spacial score (nSPS) is 12.2. The summed E-state index contributed by atoms with van der Waals surface area (Å²) in [4.78, 5) is 1.18. The van der Waals surface area contributed by atoms with Gasteiger partial charge in [0.05, 0.1) is 14.2 Å². The van der Waals surface area contributed by atoms with Crippen molar-refractivity contribution in [1.29, 1.82) is 0 Å². The van der Waals surface area contributed by atoms with E-state index in [0.29, 0.717) is 0 Å². The Kier molecular flexibility index (Phi) is 5.49. The Balaban J connectivity index is 2.60. The zero-order chi connectivity index (χ0) is 12.0. The summed E-state index contributed by atoms with van der Waals surface area (Å²) in [5.41, 5.74) is 5.70. The van der Waals surface area contributed by atoms with E-state index in [4.69, 9.17) is 15.2 Å². The molecule has 0 saturated carbocycles. The highest BCUT2D eigenvalue weighted by Gasteiger charge is 2.05. The maximum absolute atomic E-state index is 5.70. The molecule has 0 aromatic heterocycles. The molecule has 0 aliphatic rings. The summed E-state index contributed by atoms with van der Waals surface area (Å²) in [5.74, 6) is 2.56. The van der Waals surface area contributed by atoms with E-state index in [1.165, 1.54) is 4.90 Å². The molecule has 1 aromatic rings. The molecule has 0 heterocycles. The monoisotopic (exact) mass is 241 g/mol. The van der Waals surface area contributed by atoms with Gasteiger partial charge in [0.2, 0.25) is 0 Å². The van der Waals surface area contributed by atoms with E-state index >= 15 is 0 Å². The lowest BCUT2D eigenvalue weighted by Crippen LogP contribution is -2.15. The molecule has 90 valence electrons. The van der Waals surface area contributed by atoms with Gasteiger partial charge in [0.15, 0.2) is 11.5 Å². The summed E-state index contributed by atoms with van der Waals surface area (Å²) < 4.78 is 10.4. The number of ether oxygens (including phenoxy) is 2. The number of benzene rings is 1. The van der Waals surface area contributed by atoms with E-state index in [1.807, 2.05) is 25.1 Å². The van der Waals surface area contributed by atoms with Crippen LogP contribution in [0, 0.1) is 0 Å². The summed E-state index contributed by atoms with van der Waals surface area (Å²) in [6.07, 6.45) is 1.01. The molecule has 2 N–H and O–H groups in total. The van der Waals surface area contributed by atoms with Gasteiger partial charge in [-0.15, -0.1) is 11.8 Å². The Morgan fingerprint density at radius 1 is 1.25 bits per heavy atom. The third kappa shape index (κ3) is 3.94. The van der Waals surface area contributed by atoms with Crippen molar-refractivity contribution in [3.05, 3.63) is 18.2 Å². The Morgan fingerprint density at radius 3 is 2.50 bits per heavy atom. The van der Waals surface area contributed by atoms with Crippen LogP contribution in [-0.4, -0.2) is 26.0 Å². The van der Waals surface area contributed by atoms with Crippen molar-refractivity contribution in [2.75, 3.05) is 20.0 Å². The van der Waals surface area contributed by atoms with Crippen LogP contribution in [0.25, 0.3) is 0 Å². The van der Waals surface area contributed by atoms with Gasteiger partial charge in [0.1, 0.15) is 0 Å². The van der Waals surface area contributed by atoms with Crippen molar-refractivity contribution in [2.45, 2.75) is 24.3 Å². The summed E-state index contributed by atoms with van der Waals surface area (Å²) in [7, 11) is 3.29. The summed E-state index contributed by atoms with van der Waals surface area (Å²) in [6.45, 7) is 2.02. The van der Waals surface area contributed by atoms with E-state index in [1.54, 1.807) is 26.0 Å². The first-order valence-electron chi connectivity index (χ1n) is 5.27. The number of hydrogen-bond donors (Lipinski definition) is 1. The largest absolute Gasteiger partial charge is 0.493 e. The fourth-order valence-electron chi connectivity index (χ4n) is 1.27. The SMILES string of the molecule is COc1ccc(SCCC(C)N)cc1OC. The van der Waals surface area contributed by atoms with Crippen LogP contribution in [0.5, 0.6) is 11.5 Å². The third-order valence-corrected chi connectivity index (χ3v) is 3.22. The first-order chi connectivity index (χ1) is 7.67. The molecule has 1 unspecified atom stereocenters. The highest BCUT2D eigenvalue weighted by atomic mass is 32.2. The predicted molar refractivity (Wildman–Crippen MR) is 68.5 cm³/mol. The van der Waals surface area contributed by atoms with Crippen molar-refractivity contribution in [3.8, 4) is 11.5 Å². The molecule has 0 fully saturated rings. The quantitative estimate of drug-likeness (QED) is 0.777. The van der Waals surface area contributed by atoms with E-state index < -0.39 is 0 Å². The molecule has 1 rings (SSSR count). The highest BCUT2D eigenvalue weighted by molar-refractivity contribution is 7.99. The molecule has 16 heavy (non-hydrogen) atoms. The average molecular weight is 241 g/mol. The molecule has 1 atom stereocenters. The van der Waals surface area contributed by atoms with Gasteiger partial charge in [-0.2, -0.15) is 0 Å². The van der Waals surface area contributed by atoms with Crippen LogP contribution in [0.15, 0.2) is 23.1 Å². The molecule has 0 radical (unpaired) electrons. The lowest BCUT2D eigenvalue weighted by molar-refractivity contribution is 0.354. The second-order valence-electron chi connectivity index (χ2n) is 3.63. The third-order valence-electron chi connectivity index (χ3n) is 2.20. The standard InChI is InChI=1S/C12H19NO2S/c1-9(13)6-7-16-10-4-5-11(14-2)12(8-10)15-3/h4-5,8-9H,6-7,13H2,1-3H3. The fourth-order valence-corrected chi connectivity index (χ4v) is 2.35. The van der Waals surface area contributed by atoms with Crippen molar-refractivity contribution in [3.63, 3.8) is 0 Å². The van der Waals surface area contributed by atoms with Crippen molar-refractivity contribution < 1.29 is 9.47 Å². The summed E-state index contributed by atoms with van der Waals surface area (Å²) >= 11 is 1.78. The van der Waals surface area contributed by atoms with Gasteiger partial charge in [-0.1, -0.05) is 0 Å². The van der Waals surface area contributed by atoms with Gasteiger partial charge in [0, 0.05) is 10.9 Å². The van der Waals surface area contributed by atoms with Gasteiger partial charge in [-0.05, 0) is 37.3 Å². The maximum Gasteiger partial charge on any atom is 0.161 e. The Bertz CT molecular complexity index is 329. The number of methoxy groups -OCH3 is 2. The highest BCUT2D eigenvalue weighted by Crippen LogP contribution is 2.31. The Labute approximate surface area is 101 Å². The number of nitrogens with two attached hydrogens (primary N) is 1. The Hall–Kier alpha value is -0.870. The first kappa shape index (κ1) is 13.2. The number of hydrogen-bond acceptors (Lipinski definition) is 4. The van der Waals surface area contributed by atoms with E-state index in [2.05, 4.69) is 0 Å². The van der Waals surface area contributed by atoms with Crippen molar-refractivity contribution in [1.82, 2.24) is 0 Å². The smallest absolute Gasteiger partial charge is 0.161 e. The maximum atomic E-state index is 5.70. The fraction of sp³-hybridized carbons (Fsp3) is 0.500. The van der Waals surface area contributed by atoms with Crippen LogP contribution in [-0.2, 0) is 0 Å². The lowest BCUT2D eigenvalue weighted by atomic mass is 10.3. The zero-order valence-electron chi connectivity index (χ0n) is 10.0. The van der Waals surface area contributed by atoms with Gasteiger partial charge < -0.3 is 15.2 Å². The number of thioether (sulfide) groups is 1. The average Bonchev–Trinajstić information content (AvgIpc) is 2.28. The Morgan fingerprint density at radius 2 is 1.94 bits per heavy atom. The molecule has 0 saturated heterocycles. The summed E-state index contributed by atoms with van der Waals surface area (Å²) in [5, 5.41) is 0. The number of rotatable bonds is 6. The van der Waals surface area contributed by atoms with Crippen LogP contribution in [0.4, 0.5) is 0 Å². The molecule has 4 heteroatoms. The molecule has 0 spiro atoms. The van der Waals surface area contributed by atoms with Gasteiger partial charge in [-0.25, -0.2) is 0 Å². The van der Waals surface area contributed by atoms with Gasteiger partial charge in [-0.3, -0.25) is 0 Å². The van der Waals surface area contributed by atoms with E-state index in [9.17, 15) is 0 Å². The van der Waals surface area contributed by atoms with Crippen LogP contribution in [0.2, 0.25) is 0 Å². The van der Waals surface area contributed by atoms with Crippen molar-refractivity contribution >= 4 is 11.8 Å². The molecular weight excluding hydrogens is 222 g/mol. The van der Waals surface area contributed by atoms with Crippen LogP contribution in [0.1, 0.15) is 13.3 Å². The molecule has 0 amide bonds. The first-order valence-corrected chi connectivity index (χ1v) is 6.26. The van der Waals surface area contributed by atoms with Crippen LogP contribution in [0.3, 0.4) is 0 Å². The summed E-state index contributed by atoms with van der Waals surface area (Å²) in [6, 6.07) is 6.21. The van der Waals surface area contributed by atoms with Crippen LogP contribution >= 0.6 is 11.8 Å². The zero-order valence-corrected chi connectivity index (χ0v) is 10.8. The molecule has 3 nitrogen and oxygen atoms in total. The lowest BCUT2D eigenvalue weighted by Gasteiger charge is -2.09. The van der Waals surface area contributed by atoms with Gasteiger partial charge >= 0.3 is 0 Å². The molecule has 0 aliphatic heterocycles. The van der Waals surface area contributed by atoms with E-state index in [-0.39, 0.29) is 6.04 Å². The minimum Gasteiger partial charge on any atom is -0.493 e. The van der Waals surface area contributed by atoms with Gasteiger partial charge in [0.25, 0.3) is 0 Å². The molecule has 0 aliphatic carbocycles. The molecule has 0 bridgehead atoms. The van der Waals surface area contributed by atoms with E-state index in [0.717, 1.165) is 23.7 Å². The second kappa shape index (κ2) is 6.66.